The largest absolute Gasteiger partial charge is 0.532 e. The summed E-state index contributed by atoms with van der Waals surface area (Å²) < 4.78 is 23.5. The van der Waals surface area contributed by atoms with Crippen LogP contribution in [0, 0.1) is 0 Å². The highest BCUT2D eigenvalue weighted by molar-refractivity contribution is 6.60. The van der Waals surface area contributed by atoms with Gasteiger partial charge in [-0.25, -0.2) is 0 Å². The van der Waals surface area contributed by atoms with Gasteiger partial charge in [-0.15, -0.1) is 0 Å². The molecular weight excluding hydrogens is 255 g/mol. The molecule has 1 atom stereocenters. The lowest BCUT2D eigenvalue weighted by Crippen LogP contribution is -2.41. The van der Waals surface area contributed by atoms with Gasteiger partial charge in [0.25, 0.3) is 0 Å². The lowest BCUT2D eigenvalue weighted by molar-refractivity contribution is 0.00578. The SMILES string of the molecule is CC1(C)OB(c2ccc(C3CCCOC3)o2)OC1(C)C. The van der Waals surface area contributed by atoms with Gasteiger partial charge in [0.1, 0.15) is 11.4 Å². The first kappa shape index (κ1) is 14.2. The van der Waals surface area contributed by atoms with Crippen LogP contribution in [0.5, 0.6) is 0 Å². The van der Waals surface area contributed by atoms with Crippen molar-refractivity contribution in [2.45, 2.75) is 57.7 Å². The van der Waals surface area contributed by atoms with Gasteiger partial charge in [-0.2, -0.15) is 0 Å². The molecule has 0 aromatic carbocycles. The van der Waals surface area contributed by atoms with Gasteiger partial charge in [0.15, 0.2) is 0 Å². The van der Waals surface area contributed by atoms with E-state index in [4.69, 9.17) is 18.5 Å². The zero-order valence-corrected chi connectivity index (χ0v) is 12.8. The Balaban J connectivity index is 1.74. The summed E-state index contributed by atoms with van der Waals surface area (Å²) in [4.78, 5) is 0. The molecule has 3 heterocycles. The van der Waals surface area contributed by atoms with Gasteiger partial charge in [0.2, 0.25) is 0 Å². The average molecular weight is 278 g/mol. The van der Waals surface area contributed by atoms with E-state index >= 15 is 0 Å². The summed E-state index contributed by atoms with van der Waals surface area (Å²) in [6, 6.07) is 3.99. The molecule has 0 radical (unpaired) electrons. The van der Waals surface area contributed by atoms with Gasteiger partial charge in [-0.3, -0.25) is 0 Å². The normalized spacial score (nSPS) is 28.8. The maximum Gasteiger partial charge on any atom is 0.532 e. The van der Waals surface area contributed by atoms with Crippen LogP contribution in [-0.2, 0) is 14.0 Å². The third-order valence-electron chi connectivity index (χ3n) is 4.70. The Labute approximate surface area is 120 Å². The van der Waals surface area contributed by atoms with Crippen LogP contribution in [0.2, 0.25) is 0 Å². The van der Waals surface area contributed by atoms with Crippen molar-refractivity contribution in [1.82, 2.24) is 0 Å². The number of furan rings is 1. The van der Waals surface area contributed by atoms with E-state index in [1.165, 1.54) is 0 Å². The fourth-order valence-corrected chi connectivity index (χ4v) is 2.64. The van der Waals surface area contributed by atoms with Crippen LogP contribution in [-0.4, -0.2) is 31.5 Å². The van der Waals surface area contributed by atoms with Crippen molar-refractivity contribution in [3.8, 4) is 0 Å². The van der Waals surface area contributed by atoms with E-state index in [9.17, 15) is 0 Å². The van der Waals surface area contributed by atoms with Crippen LogP contribution in [0.15, 0.2) is 16.5 Å². The van der Waals surface area contributed by atoms with Crippen molar-refractivity contribution in [3.05, 3.63) is 17.9 Å². The van der Waals surface area contributed by atoms with Crippen LogP contribution in [0.1, 0.15) is 52.2 Å². The highest BCUT2D eigenvalue weighted by atomic mass is 16.7. The maximum absolute atomic E-state index is 6.00. The fraction of sp³-hybridized carbons (Fsp3) is 0.733. The quantitative estimate of drug-likeness (QED) is 0.779. The van der Waals surface area contributed by atoms with Gasteiger partial charge in [-0.05, 0) is 52.7 Å². The molecule has 2 aliphatic rings. The maximum atomic E-state index is 6.00. The fourth-order valence-electron chi connectivity index (χ4n) is 2.64. The molecule has 2 fully saturated rings. The lowest BCUT2D eigenvalue weighted by Gasteiger charge is -2.32. The smallest absolute Gasteiger partial charge is 0.469 e. The van der Waals surface area contributed by atoms with Gasteiger partial charge in [0, 0.05) is 12.5 Å². The van der Waals surface area contributed by atoms with Gasteiger partial charge >= 0.3 is 7.12 Å². The van der Waals surface area contributed by atoms with Crippen LogP contribution >= 0.6 is 0 Å². The van der Waals surface area contributed by atoms with E-state index < -0.39 is 7.12 Å². The Hall–Kier alpha value is -0.775. The second-order valence-corrected chi connectivity index (χ2v) is 6.74. The molecule has 4 nitrogen and oxygen atoms in total. The third-order valence-corrected chi connectivity index (χ3v) is 4.70. The Morgan fingerprint density at radius 3 is 2.40 bits per heavy atom. The van der Waals surface area contributed by atoms with E-state index in [0.717, 1.165) is 37.5 Å². The molecule has 2 aliphatic heterocycles. The first-order valence-electron chi connectivity index (χ1n) is 7.42. The molecule has 110 valence electrons. The van der Waals surface area contributed by atoms with Crippen molar-refractivity contribution in [1.29, 1.82) is 0 Å². The van der Waals surface area contributed by atoms with Gasteiger partial charge in [-0.1, -0.05) is 0 Å². The summed E-state index contributed by atoms with van der Waals surface area (Å²) in [6.45, 7) is 9.80. The predicted molar refractivity (Wildman–Crippen MR) is 77.2 cm³/mol. The summed E-state index contributed by atoms with van der Waals surface area (Å²) >= 11 is 0. The average Bonchev–Trinajstić information content (AvgIpc) is 2.94. The van der Waals surface area contributed by atoms with E-state index in [1.807, 2.05) is 39.8 Å². The molecule has 0 bridgehead atoms. The number of rotatable bonds is 2. The summed E-state index contributed by atoms with van der Waals surface area (Å²) in [6.07, 6.45) is 2.22. The number of hydrogen-bond donors (Lipinski definition) is 0. The standard InChI is InChI=1S/C15H23BO4/c1-14(2)15(3,4)20-16(19-14)13-8-7-12(18-13)11-6-5-9-17-10-11/h7-8,11H,5-6,9-10H2,1-4H3. The molecule has 0 amide bonds. The van der Waals surface area contributed by atoms with Crippen molar-refractivity contribution >= 4 is 12.8 Å². The Morgan fingerprint density at radius 1 is 1.10 bits per heavy atom. The van der Waals surface area contributed by atoms with Crippen molar-refractivity contribution < 1.29 is 18.5 Å². The second-order valence-electron chi connectivity index (χ2n) is 6.74. The topological polar surface area (TPSA) is 40.8 Å². The summed E-state index contributed by atoms with van der Waals surface area (Å²) in [5, 5.41) is 0. The summed E-state index contributed by atoms with van der Waals surface area (Å²) in [7, 11) is -0.418. The van der Waals surface area contributed by atoms with Crippen LogP contribution in [0.3, 0.4) is 0 Å². The predicted octanol–water partition coefficient (Wildman–Crippen LogP) is 2.47. The third kappa shape index (κ3) is 2.43. The Bertz CT molecular complexity index is 458. The molecule has 0 aliphatic carbocycles. The molecule has 5 heteroatoms. The molecule has 1 aromatic rings. The minimum Gasteiger partial charge on any atom is -0.469 e. The van der Waals surface area contributed by atoms with Crippen LogP contribution in [0.25, 0.3) is 0 Å². The molecule has 2 saturated heterocycles. The zero-order chi connectivity index (χ0) is 14.4. The zero-order valence-electron chi connectivity index (χ0n) is 12.8. The van der Waals surface area contributed by atoms with Crippen molar-refractivity contribution in [2.75, 3.05) is 13.2 Å². The van der Waals surface area contributed by atoms with Crippen LogP contribution < -0.4 is 5.66 Å². The number of hydrogen-bond acceptors (Lipinski definition) is 4. The minimum atomic E-state index is -0.418. The van der Waals surface area contributed by atoms with Crippen LogP contribution in [0.4, 0.5) is 0 Å². The molecule has 3 rings (SSSR count). The first-order chi connectivity index (χ1) is 9.39. The Kier molecular flexibility index (Phi) is 3.47. The molecule has 1 aromatic heterocycles. The summed E-state index contributed by atoms with van der Waals surface area (Å²) in [5.74, 6) is 1.34. The van der Waals surface area contributed by atoms with E-state index in [1.54, 1.807) is 0 Å². The minimum absolute atomic E-state index is 0.335. The second kappa shape index (κ2) is 4.90. The summed E-state index contributed by atoms with van der Waals surface area (Å²) in [5.41, 5.74) is 0.0844. The van der Waals surface area contributed by atoms with Gasteiger partial charge in [0.05, 0.1) is 17.8 Å². The van der Waals surface area contributed by atoms with Crippen molar-refractivity contribution in [2.24, 2.45) is 0 Å². The first-order valence-corrected chi connectivity index (χ1v) is 7.42. The molecule has 0 spiro atoms. The van der Waals surface area contributed by atoms with E-state index in [0.29, 0.717) is 5.92 Å². The van der Waals surface area contributed by atoms with Gasteiger partial charge < -0.3 is 18.5 Å². The molecule has 20 heavy (non-hydrogen) atoms. The number of ether oxygens (including phenoxy) is 1. The molecule has 0 saturated carbocycles. The van der Waals surface area contributed by atoms with E-state index in [-0.39, 0.29) is 11.2 Å². The molecule has 0 N–H and O–H groups in total. The molecular formula is C15H23BO4. The Morgan fingerprint density at radius 2 is 1.80 bits per heavy atom. The highest BCUT2D eigenvalue weighted by Crippen LogP contribution is 2.37. The monoisotopic (exact) mass is 278 g/mol. The highest BCUT2D eigenvalue weighted by Gasteiger charge is 2.53. The van der Waals surface area contributed by atoms with E-state index in [2.05, 4.69) is 0 Å². The lowest BCUT2D eigenvalue weighted by atomic mass is 9.86. The molecule has 1 unspecified atom stereocenters. The van der Waals surface area contributed by atoms with Crippen molar-refractivity contribution in [3.63, 3.8) is 0 Å².